The van der Waals surface area contributed by atoms with Gasteiger partial charge in [-0.2, -0.15) is 26.3 Å². The number of hydrogen-bond acceptors (Lipinski definition) is 2. The zero-order valence-corrected chi connectivity index (χ0v) is 11.3. The van der Waals surface area contributed by atoms with Gasteiger partial charge in [0, 0.05) is 18.2 Å². The van der Waals surface area contributed by atoms with E-state index in [0.717, 1.165) is 6.21 Å². The number of halogens is 8. The first-order valence-corrected chi connectivity index (χ1v) is 6.08. The Labute approximate surface area is 124 Å². The molecule has 1 aromatic rings. The predicted octanol–water partition coefficient (Wildman–Crippen LogP) is 5.18. The minimum Gasteiger partial charge on any atom is -0.375 e. The highest BCUT2D eigenvalue weighted by atomic mass is 35.5. The maximum Gasteiger partial charge on any atom is 0.435 e. The standard InChI is InChI=1S/C11H5Cl2F6NO/c12-7-4-5(3-6(8(7)13)10(14,15)16)9(11(17,18)19)1-2-20-21-9/h2-4H,1H2. The molecule has 116 valence electrons. The fraction of sp³-hybridized carbons (Fsp3) is 0.364. The van der Waals surface area contributed by atoms with Crippen LogP contribution in [0, 0.1) is 0 Å². The summed E-state index contributed by atoms with van der Waals surface area (Å²) >= 11 is 10.9. The van der Waals surface area contributed by atoms with Gasteiger partial charge in [-0.05, 0) is 12.1 Å². The quantitative estimate of drug-likeness (QED) is 0.639. The Bertz CT molecular complexity index is 588. The number of alkyl halides is 6. The van der Waals surface area contributed by atoms with Gasteiger partial charge in [-0.25, -0.2) is 0 Å². The summed E-state index contributed by atoms with van der Waals surface area (Å²) in [6.45, 7) is 0. The molecule has 0 amide bonds. The summed E-state index contributed by atoms with van der Waals surface area (Å²) in [6, 6.07) is 0.970. The first kappa shape index (κ1) is 16.2. The van der Waals surface area contributed by atoms with Gasteiger partial charge in [0.25, 0.3) is 5.60 Å². The van der Waals surface area contributed by atoms with Crippen molar-refractivity contribution >= 4 is 29.4 Å². The third kappa shape index (κ3) is 2.66. The van der Waals surface area contributed by atoms with Gasteiger partial charge in [-0.15, -0.1) is 0 Å². The second-order valence-electron chi connectivity index (χ2n) is 4.23. The van der Waals surface area contributed by atoms with Crippen molar-refractivity contribution in [2.45, 2.75) is 24.4 Å². The van der Waals surface area contributed by atoms with Crippen LogP contribution >= 0.6 is 23.2 Å². The Morgan fingerprint density at radius 1 is 1.10 bits per heavy atom. The van der Waals surface area contributed by atoms with Crippen LogP contribution in [-0.2, 0) is 16.6 Å². The van der Waals surface area contributed by atoms with Gasteiger partial charge >= 0.3 is 12.4 Å². The largest absolute Gasteiger partial charge is 0.435 e. The first-order chi connectivity index (χ1) is 9.49. The monoisotopic (exact) mass is 351 g/mol. The van der Waals surface area contributed by atoms with Gasteiger partial charge in [-0.3, -0.25) is 0 Å². The lowest BCUT2D eigenvalue weighted by Crippen LogP contribution is -2.42. The predicted molar refractivity (Wildman–Crippen MR) is 63.4 cm³/mol. The molecule has 2 rings (SSSR count). The summed E-state index contributed by atoms with van der Waals surface area (Å²) in [5.74, 6) is 0. The van der Waals surface area contributed by atoms with Gasteiger partial charge < -0.3 is 4.84 Å². The van der Waals surface area contributed by atoms with E-state index in [2.05, 4.69) is 9.99 Å². The molecule has 0 aromatic heterocycles. The van der Waals surface area contributed by atoms with Crippen molar-refractivity contribution in [1.82, 2.24) is 0 Å². The third-order valence-corrected chi connectivity index (χ3v) is 3.72. The molecule has 1 atom stereocenters. The summed E-state index contributed by atoms with van der Waals surface area (Å²) < 4.78 is 78.1. The third-order valence-electron chi connectivity index (χ3n) is 2.92. The lowest BCUT2D eigenvalue weighted by atomic mass is 9.89. The van der Waals surface area contributed by atoms with E-state index in [1.54, 1.807) is 0 Å². The zero-order chi connectivity index (χ0) is 16.1. The van der Waals surface area contributed by atoms with Crippen LogP contribution in [0.2, 0.25) is 10.0 Å². The molecule has 0 N–H and O–H groups in total. The summed E-state index contributed by atoms with van der Waals surface area (Å²) in [6.07, 6.45) is -9.87. The van der Waals surface area contributed by atoms with E-state index in [0.29, 0.717) is 6.07 Å². The molecule has 2 nitrogen and oxygen atoms in total. The van der Waals surface area contributed by atoms with E-state index in [4.69, 9.17) is 23.2 Å². The molecule has 1 aromatic carbocycles. The number of oxime groups is 1. The van der Waals surface area contributed by atoms with Crippen molar-refractivity contribution in [1.29, 1.82) is 0 Å². The fourth-order valence-corrected chi connectivity index (χ4v) is 2.30. The summed E-state index contributed by atoms with van der Waals surface area (Å²) in [4.78, 5) is 4.33. The maximum absolute atomic E-state index is 13.2. The highest BCUT2D eigenvalue weighted by molar-refractivity contribution is 6.42. The lowest BCUT2D eigenvalue weighted by Gasteiger charge is -2.30. The smallest absolute Gasteiger partial charge is 0.375 e. The molecule has 1 aliphatic heterocycles. The molecule has 0 aliphatic carbocycles. The van der Waals surface area contributed by atoms with Crippen molar-refractivity contribution in [3.8, 4) is 0 Å². The number of nitrogens with zero attached hydrogens (tertiary/aromatic N) is 1. The molecule has 21 heavy (non-hydrogen) atoms. The second kappa shape index (κ2) is 4.95. The van der Waals surface area contributed by atoms with E-state index in [9.17, 15) is 26.3 Å². The normalized spacial score (nSPS) is 22.5. The minimum atomic E-state index is -4.98. The van der Waals surface area contributed by atoms with E-state index < -0.39 is 45.5 Å². The molecule has 0 fully saturated rings. The first-order valence-electron chi connectivity index (χ1n) is 5.32. The van der Waals surface area contributed by atoms with E-state index in [1.165, 1.54) is 0 Å². The van der Waals surface area contributed by atoms with E-state index >= 15 is 0 Å². The molecule has 1 aliphatic rings. The van der Waals surface area contributed by atoms with E-state index in [1.807, 2.05) is 0 Å². The summed E-state index contributed by atoms with van der Waals surface area (Å²) in [5, 5.41) is 1.50. The van der Waals surface area contributed by atoms with Crippen molar-refractivity contribution in [3.05, 3.63) is 33.3 Å². The SMILES string of the molecule is FC(F)(F)c1cc(C2(C(F)(F)F)CC=NO2)cc(Cl)c1Cl. The van der Waals surface area contributed by atoms with Gasteiger partial charge in [0.1, 0.15) is 0 Å². The molecular formula is C11H5Cl2F6NO. The number of hydrogen-bond donors (Lipinski definition) is 0. The topological polar surface area (TPSA) is 21.6 Å². The van der Waals surface area contributed by atoms with Crippen molar-refractivity contribution < 1.29 is 31.2 Å². The molecule has 0 saturated heterocycles. The highest BCUT2D eigenvalue weighted by Gasteiger charge is 2.61. The Balaban J connectivity index is 2.67. The molecule has 0 radical (unpaired) electrons. The van der Waals surface area contributed by atoms with Crippen molar-refractivity contribution in [2.75, 3.05) is 0 Å². The average Bonchev–Trinajstić information content (AvgIpc) is 2.80. The van der Waals surface area contributed by atoms with Crippen LogP contribution in [0.15, 0.2) is 17.3 Å². The maximum atomic E-state index is 13.2. The Kier molecular flexibility index (Phi) is 3.82. The van der Waals surface area contributed by atoms with Crippen LogP contribution in [0.3, 0.4) is 0 Å². The summed E-state index contributed by atoms with van der Waals surface area (Å²) in [5.41, 5.74) is -5.28. The van der Waals surface area contributed by atoms with Crippen LogP contribution in [0.4, 0.5) is 26.3 Å². The molecule has 0 saturated carbocycles. The zero-order valence-electron chi connectivity index (χ0n) is 9.82. The van der Waals surface area contributed by atoms with E-state index in [-0.39, 0.29) is 6.07 Å². The molecule has 1 heterocycles. The van der Waals surface area contributed by atoms with Crippen LogP contribution in [0.25, 0.3) is 0 Å². The minimum absolute atomic E-state index is 0.274. The van der Waals surface area contributed by atoms with Gasteiger partial charge in [-0.1, -0.05) is 28.4 Å². The van der Waals surface area contributed by atoms with Gasteiger partial charge in [0.05, 0.1) is 15.6 Å². The van der Waals surface area contributed by atoms with Crippen LogP contribution in [0.5, 0.6) is 0 Å². The number of rotatable bonds is 1. The fourth-order valence-electron chi connectivity index (χ4n) is 1.86. The Hall–Kier alpha value is -1.15. The highest BCUT2D eigenvalue weighted by Crippen LogP contribution is 2.49. The van der Waals surface area contributed by atoms with Gasteiger partial charge in [0.2, 0.25) is 0 Å². The van der Waals surface area contributed by atoms with Crippen molar-refractivity contribution in [2.24, 2.45) is 5.16 Å². The molecule has 0 spiro atoms. The summed E-state index contributed by atoms with van der Waals surface area (Å²) in [7, 11) is 0. The second-order valence-corrected chi connectivity index (χ2v) is 5.01. The molecule has 10 heteroatoms. The number of benzene rings is 1. The molecule has 0 bridgehead atoms. The van der Waals surface area contributed by atoms with Crippen molar-refractivity contribution in [3.63, 3.8) is 0 Å². The molecular weight excluding hydrogens is 347 g/mol. The average molecular weight is 352 g/mol. The van der Waals surface area contributed by atoms with Crippen LogP contribution < -0.4 is 0 Å². The lowest BCUT2D eigenvalue weighted by molar-refractivity contribution is -0.276. The Morgan fingerprint density at radius 3 is 2.14 bits per heavy atom. The van der Waals surface area contributed by atoms with Crippen LogP contribution in [0.1, 0.15) is 17.5 Å². The van der Waals surface area contributed by atoms with Gasteiger partial charge in [0.15, 0.2) is 0 Å². The molecule has 1 unspecified atom stereocenters. The Morgan fingerprint density at radius 2 is 1.71 bits per heavy atom. The van der Waals surface area contributed by atoms with Crippen LogP contribution in [-0.4, -0.2) is 12.4 Å².